The third-order valence-electron chi connectivity index (χ3n) is 5.03. The minimum absolute atomic E-state index is 0.109. The number of amides is 1. The Bertz CT molecular complexity index is 962. The highest BCUT2D eigenvalue weighted by Crippen LogP contribution is 2.32. The minimum atomic E-state index is 0.109. The third kappa shape index (κ3) is 3.35. The smallest absolute Gasteiger partial charge is 0.254 e. The second-order valence-electron chi connectivity index (χ2n) is 7.25. The number of hydrogen-bond donors (Lipinski definition) is 1. The molecule has 2 N–H and O–H groups in total. The van der Waals surface area contributed by atoms with Gasteiger partial charge in [-0.15, -0.1) is 11.3 Å². The Labute approximate surface area is 162 Å². The third-order valence-corrected chi connectivity index (χ3v) is 6.27. The van der Waals surface area contributed by atoms with Gasteiger partial charge in [-0.3, -0.25) is 4.79 Å². The molecule has 1 fully saturated rings. The Hall–Kier alpha value is -2.32. The van der Waals surface area contributed by atoms with Gasteiger partial charge in [0.05, 0.1) is 17.8 Å². The van der Waals surface area contributed by atoms with Crippen LogP contribution in [0, 0.1) is 0 Å². The van der Waals surface area contributed by atoms with Gasteiger partial charge in [-0.2, -0.15) is 5.10 Å². The SMILES string of the molecule is CC(C)c1cc(C(=O)N2CC[C@H](c3nn(CCN)c4nccnc34)C2)cs1. The summed E-state index contributed by atoms with van der Waals surface area (Å²) in [6.07, 6.45) is 4.25. The van der Waals surface area contributed by atoms with Crippen LogP contribution in [0.1, 0.15) is 53.0 Å². The Morgan fingerprint density at radius 3 is 2.93 bits per heavy atom. The predicted octanol–water partition coefficient (Wildman–Crippen LogP) is 2.60. The van der Waals surface area contributed by atoms with Crippen LogP contribution >= 0.6 is 11.3 Å². The average Bonchev–Trinajstić information content (AvgIpc) is 3.40. The van der Waals surface area contributed by atoms with Crippen molar-refractivity contribution in [1.29, 1.82) is 0 Å². The van der Waals surface area contributed by atoms with Gasteiger partial charge in [0.15, 0.2) is 5.65 Å². The maximum atomic E-state index is 12.9. The quantitative estimate of drug-likeness (QED) is 0.730. The molecule has 0 unspecified atom stereocenters. The second-order valence-corrected chi connectivity index (χ2v) is 8.20. The fourth-order valence-corrected chi connectivity index (χ4v) is 4.50. The van der Waals surface area contributed by atoms with E-state index in [-0.39, 0.29) is 11.8 Å². The lowest BCUT2D eigenvalue weighted by Gasteiger charge is -2.15. The predicted molar refractivity (Wildman–Crippen MR) is 106 cm³/mol. The molecule has 0 bridgehead atoms. The lowest BCUT2D eigenvalue weighted by Crippen LogP contribution is -2.28. The maximum absolute atomic E-state index is 12.9. The molecule has 1 aliphatic heterocycles. The standard InChI is InChI=1S/C19H24N6OS/c1-12(2)15-9-14(11-27-15)19(26)24-7-3-13(10-24)16-17-18(22-6-5-21-17)25(23-16)8-4-20/h5-6,9,11-13H,3-4,7-8,10,20H2,1-2H3/t13-/m0/s1. The number of nitrogens with two attached hydrogens (primary N) is 1. The fraction of sp³-hybridized carbons (Fsp3) is 0.474. The van der Waals surface area contributed by atoms with Crippen LogP contribution in [0.15, 0.2) is 23.8 Å². The monoisotopic (exact) mass is 384 g/mol. The molecular weight excluding hydrogens is 360 g/mol. The number of carbonyl (C=O) groups is 1. The molecule has 1 atom stereocenters. The van der Waals surface area contributed by atoms with Crippen molar-refractivity contribution < 1.29 is 4.79 Å². The molecule has 3 aromatic rings. The Morgan fingerprint density at radius 1 is 1.37 bits per heavy atom. The lowest BCUT2D eigenvalue weighted by molar-refractivity contribution is 0.0791. The van der Waals surface area contributed by atoms with E-state index in [0.717, 1.165) is 35.4 Å². The summed E-state index contributed by atoms with van der Waals surface area (Å²) in [4.78, 5) is 25.0. The van der Waals surface area contributed by atoms with E-state index in [1.165, 1.54) is 4.88 Å². The Balaban J connectivity index is 1.56. The van der Waals surface area contributed by atoms with Crippen molar-refractivity contribution in [2.24, 2.45) is 5.73 Å². The van der Waals surface area contributed by atoms with Gasteiger partial charge in [-0.05, 0) is 18.4 Å². The van der Waals surface area contributed by atoms with Crippen LogP contribution in [0.25, 0.3) is 11.2 Å². The molecule has 1 amide bonds. The van der Waals surface area contributed by atoms with E-state index < -0.39 is 0 Å². The summed E-state index contributed by atoms with van der Waals surface area (Å²) in [5, 5.41) is 6.70. The van der Waals surface area contributed by atoms with Crippen LogP contribution in [0.5, 0.6) is 0 Å². The van der Waals surface area contributed by atoms with E-state index in [9.17, 15) is 4.79 Å². The van der Waals surface area contributed by atoms with Crippen LogP contribution in [-0.2, 0) is 6.54 Å². The van der Waals surface area contributed by atoms with E-state index >= 15 is 0 Å². The second kappa shape index (κ2) is 7.36. The van der Waals surface area contributed by atoms with Crippen LogP contribution < -0.4 is 5.73 Å². The van der Waals surface area contributed by atoms with Crippen molar-refractivity contribution in [3.8, 4) is 0 Å². The molecule has 8 heteroatoms. The Kier molecular flexibility index (Phi) is 4.92. The van der Waals surface area contributed by atoms with Gasteiger partial charge in [0.2, 0.25) is 0 Å². The highest BCUT2D eigenvalue weighted by atomic mass is 32.1. The molecule has 4 heterocycles. The summed E-state index contributed by atoms with van der Waals surface area (Å²) in [6, 6.07) is 2.03. The van der Waals surface area contributed by atoms with Gasteiger partial charge in [-0.1, -0.05) is 13.8 Å². The molecule has 0 aromatic carbocycles. The van der Waals surface area contributed by atoms with Crippen molar-refractivity contribution in [2.45, 2.75) is 38.6 Å². The highest BCUT2D eigenvalue weighted by molar-refractivity contribution is 7.10. The first-order valence-electron chi connectivity index (χ1n) is 9.33. The summed E-state index contributed by atoms with van der Waals surface area (Å²) in [5.41, 5.74) is 9.01. The summed E-state index contributed by atoms with van der Waals surface area (Å²) in [6.45, 7) is 6.81. The fourth-order valence-electron chi connectivity index (χ4n) is 3.60. The molecule has 0 saturated carbocycles. The topological polar surface area (TPSA) is 89.9 Å². The van der Waals surface area contributed by atoms with Crippen LogP contribution in [0.3, 0.4) is 0 Å². The van der Waals surface area contributed by atoms with Gasteiger partial charge < -0.3 is 10.6 Å². The molecule has 0 radical (unpaired) electrons. The first-order valence-corrected chi connectivity index (χ1v) is 10.2. The summed E-state index contributed by atoms with van der Waals surface area (Å²) in [5.74, 6) is 0.729. The van der Waals surface area contributed by atoms with Crippen molar-refractivity contribution in [3.63, 3.8) is 0 Å². The zero-order valence-corrected chi connectivity index (χ0v) is 16.4. The van der Waals surface area contributed by atoms with Gasteiger partial charge >= 0.3 is 0 Å². The summed E-state index contributed by atoms with van der Waals surface area (Å²) >= 11 is 1.66. The van der Waals surface area contributed by atoms with Crippen molar-refractivity contribution in [3.05, 3.63) is 40.0 Å². The van der Waals surface area contributed by atoms with Gasteiger partial charge in [-0.25, -0.2) is 14.6 Å². The van der Waals surface area contributed by atoms with Crippen molar-refractivity contribution in [1.82, 2.24) is 24.6 Å². The molecule has 7 nitrogen and oxygen atoms in total. The first kappa shape index (κ1) is 18.1. The molecule has 3 aromatic heterocycles. The number of aromatic nitrogens is 4. The molecule has 27 heavy (non-hydrogen) atoms. The number of fused-ring (bicyclic) bond motifs is 1. The van der Waals surface area contributed by atoms with Gasteiger partial charge in [0.1, 0.15) is 5.52 Å². The number of nitrogens with zero attached hydrogens (tertiary/aromatic N) is 5. The number of hydrogen-bond acceptors (Lipinski definition) is 6. The van der Waals surface area contributed by atoms with E-state index in [4.69, 9.17) is 10.8 Å². The number of likely N-dealkylation sites (tertiary alicyclic amines) is 1. The molecule has 0 spiro atoms. The first-order chi connectivity index (χ1) is 13.1. The normalized spacial score (nSPS) is 17.3. The van der Waals surface area contributed by atoms with Crippen molar-refractivity contribution in [2.75, 3.05) is 19.6 Å². The maximum Gasteiger partial charge on any atom is 0.254 e. The molecule has 1 aliphatic rings. The zero-order chi connectivity index (χ0) is 19.0. The molecule has 0 aliphatic carbocycles. The molecular formula is C19H24N6OS. The minimum Gasteiger partial charge on any atom is -0.338 e. The van der Waals surface area contributed by atoms with Gasteiger partial charge in [0, 0.05) is 48.2 Å². The number of rotatable bonds is 5. The van der Waals surface area contributed by atoms with E-state index in [1.807, 2.05) is 21.0 Å². The summed E-state index contributed by atoms with van der Waals surface area (Å²) < 4.78 is 1.83. The van der Waals surface area contributed by atoms with E-state index in [0.29, 0.717) is 25.6 Å². The van der Waals surface area contributed by atoms with Crippen LogP contribution in [-0.4, -0.2) is 50.2 Å². The largest absolute Gasteiger partial charge is 0.338 e. The van der Waals surface area contributed by atoms with Crippen molar-refractivity contribution >= 4 is 28.4 Å². The summed E-state index contributed by atoms with van der Waals surface area (Å²) in [7, 11) is 0. The zero-order valence-electron chi connectivity index (χ0n) is 15.6. The molecule has 4 rings (SSSR count). The number of carbonyl (C=O) groups excluding carboxylic acids is 1. The van der Waals surface area contributed by atoms with Crippen LogP contribution in [0.2, 0.25) is 0 Å². The van der Waals surface area contributed by atoms with E-state index in [1.54, 1.807) is 23.7 Å². The average molecular weight is 385 g/mol. The lowest BCUT2D eigenvalue weighted by atomic mass is 10.0. The molecule has 1 saturated heterocycles. The van der Waals surface area contributed by atoms with Crippen LogP contribution in [0.4, 0.5) is 0 Å². The highest BCUT2D eigenvalue weighted by Gasteiger charge is 2.32. The van der Waals surface area contributed by atoms with E-state index in [2.05, 4.69) is 23.8 Å². The number of thiophene rings is 1. The molecule has 142 valence electrons. The Morgan fingerprint density at radius 2 is 2.19 bits per heavy atom. The van der Waals surface area contributed by atoms with Gasteiger partial charge in [0.25, 0.3) is 5.91 Å².